The Labute approximate surface area is 84.7 Å². The molecule has 2 heteroatoms. The normalized spacial score (nSPS) is 11.8. The summed E-state index contributed by atoms with van der Waals surface area (Å²) in [5, 5.41) is 1.06. The zero-order valence-electron chi connectivity index (χ0n) is 5.52. The molecule has 0 nitrogen and oxygen atoms in total. The molecule has 0 aromatic heterocycles. The summed E-state index contributed by atoms with van der Waals surface area (Å²) in [4.78, 5) is 0. The van der Waals surface area contributed by atoms with Crippen LogP contribution in [0.5, 0.6) is 0 Å². The molecule has 0 unspecified atom stereocenters. The zero-order chi connectivity index (χ0) is 6.24. The Morgan fingerprint density at radius 2 is 2.22 bits per heavy atom. The summed E-state index contributed by atoms with van der Waals surface area (Å²) in [6.07, 6.45) is 10.0. The van der Waals surface area contributed by atoms with Crippen LogP contribution in [0.25, 0.3) is 0 Å². The fraction of sp³-hybridized carbons (Fsp3) is 0.429. The van der Waals surface area contributed by atoms with Crippen molar-refractivity contribution >= 4 is 15.9 Å². The van der Waals surface area contributed by atoms with E-state index >= 15 is 0 Å². The van der Waals surface area contributed by atoms with Gasteiger partial charge in [-0.3, -0.25) is 6.08 Å². The summed E-state index contributed by atoms with van der Waals surface area (Å²) < 4.78 is 0. The Hall–Kier alpha value is 0.843. The molecule has 0 aromatic carbocycles. The number of rotatable bonds is 0. The smallest absolute Gasteiger partial charge is 0.000281 e. The molecule has 0 aromatic rings. The first-order valence-electron chi connectivity index (χ1n) is 2.69. The van der Waals surface area contributed by atoms with Crippen LogP contribution in [-0.2, 0) is 26.2 Å². The molecule has 0 fully saturated rings. The molecule has 0 bridgehead atoms. The number of alkyl halides is 1. The van der Waals surface area contributed by atoms with Crippen LogP contribution in [0.15, 0.2) is 18.2 Å². The molecular weight excluding hydrogens is 255 g/mol. The molecule has 0 amide bonds. The molecular formula is C7H10BrZr-. The van der Waals surface area contributed by atoms with Crippen molar-refractivity contribution in [1.29, 1.82) is 0 Å². The molecule has 0 radical (unpaired) electrons. The van der Waals surface area contributed by atoms with Gasteiger partial charge in [-0.15, -0.1) is 6.42 Å². The van der Waals surface area contributed by atoms with Crippen molar-refractivity contribution in [1.82, 2.24) is 0 Å². The quantitative estimate of drug-likeness (QED) is 0.466. The van der Waals surface area contributed by atoms with Crippen molar-refractivity contribution in [3.05, 3.63) is 24.3 Å². The number of allylic oxidation sites excluding steroid dienone is 4. The third kappa shape index (κ3) is 12.1. The van der Waals surface area contributed by atoms with Gasteiger partial charge in [0.25, 0.3) is 0 Å². The molecule has 0 atom stereocenters. The molecule has 0 heterocycles. The number of hydrogen-bond donors (Lipinski definition) is 0. The fourth-order valence-electron chi connectivity index (χ4n) is 0.340. The van der Waals surface area contributed by atoms with Gasteiger partial charge in [0.1, 0.15) is 0 Å². The van der Waals surface area contributed by atoms with Crippen molar-refractivity contribution in [3.63, 3.8) is 0 Å². The first kappa shape index (κ1) is 12.5. The molecule has 9 heavy (non-hydrogen) atoms. The molecule has 0 spiro atoms. The van der Waals surface area contributed by atoms with Gasteiger partial charge >= 0.3 is 0 Å². The van der Waals surface area contributed by atoms with Crippen LogP contribution in [-0.4, -0.2) is 5.33 Å². The van der Waals surface area contributed by atoms with Gasteiger partial charge in [-0.05, 0) is 0 Å². The minimum Gasteiger partial charge on any atom is -0.273 e. The first-order valence-corrected chi connectivity index (χ1v) is 3.81. The van der Waals surface area contributed by atoms with Gasteiger partial charge in [-0.1, -0.05) is 22.9 Å². The van der Waals surface area contributed by atoms with Crippen molar-refractivity contribution in [2.75, 3.05) is 5.33 Å². The van der Waals surface area contributed by atoms with E-state index in [1.807, 2.05) is 19.1 Å². The minimum atomic E-state index is 0. The molecule has 0 N–H and O–H groups in total. The van der Waals surface area contributed by atoms with E-state index < -0.39 is 0 Å². The topological polar surface area (TPSA) is 0 Å². The second kappa shape index (κ2) is 11.6. The predicted molar refractivity (Wildman–Crippen MR) is 41.0 cm³/mol. The fourth-order valence-corrected chi connectivity index (χ4v) is 0.340. The summed E-state index contributed by atoms with van der Waals surface area (Å²) in [6, 6.07) is 0. The van der Waals surface area contributed by atoms with Crippen LogP contribution in [0, 0.1) is 6.08 Å². The van der Waals surface area contributed by atoms with Crippen molar-refractivity contribution < 1.29 is 26.2 Å². The average molecular weight is 265 g/mol. The van der Waals surface area contributed by atoms with Crippen LogP contribution >= 0.6 is 15.9 Å². The monoisotopic (exact) mass is 263 g/mol. The molecule has 0 saturated heterocycles. The van der Waals surface area contributed by atoms with E-state index in [1.165, 1.54) is 0 Å². The van der Waals surface area contributed by atoms with Gasteiger partial charge in [0.15, 0.2) is 0 Å². The Balaban J connectivity index is 0. The van der Waals surface area contributed by atoms with Crippen LogP contribution < -0.4 is 0 Å². The van der Waals surface area contributed by atoms with Gasteiger partial charge in [0, 0.05) is 31.5 Å². The van der Waals surface area contributed by atoms with Gasteiger partial charge in [-0.2, -0.15) is 6.08 Å². The summed E-state index contributed by atoms with van der Waals surface area (Å²) >= 11 is 3.15. The van der Waals surface area contributed by atoms with E-state index in [1.54, 1.807) is 0 Å². The Bertz CT molecular complexity index is 76.9. The largest absolute Gasteiger partial charge is 0.273 e. The zero-order valence-corrected chi connectivity index (χ0v) is 9.57. The van der Waals surface area contributed by atoms with Crippen molar-refractivity contribution in [2.45, 2.75) is 13.3 Å². The molecule has 50 valence electrons. The van der Waals surface area contributed by atoms with Gasteiger partial charge in [0.05, 0.1) is 0 Å². The maximum atomic E-state index is 3.15. The third-order valence-corrected chi connectivity index (χ3v) is 0.586. The average Bonchev–Trinajstić information content (AvgIpc) is 2.17. The minimum absolute atomic E-state index is 0. The maximum Gasteiger partial charge on any atom is 0.000281 e. The van der Waals surface area contributed by atoms with Crippen LogP contribution in [0.4, 0.5) is 0 Å². The predicted octanol–water partition coefficient (Wildman–Crippen LogP) is 2.70. The standard InChI is InChI=1S/C5H5.C2H5Br.Zr/c1-2-4-5-3-1;1-2-3;/h1-3H,4H2;2H2,1H3;/q-1;;. The molecule has 0 aliphatic heterocycles. The van der Waals surface area contributed by atoms with E-state index in [0.29, 0.717) is 0 Å². The molecule has 0 saturated carbocycles. The Kier molecular flexibility index (Phi) is 16.2. The third-order valence-electron chi connectivity index (χ3n) is 0.586. The summed E-state index contributed by atoms with van der Waals surface area (Å²) in [5.74, 6) is 0. The maximum absolute atomic E-state index is 3.15. The van der Waals surface area contributed by atoms with E-state index in [0.717, 1.165) is 11.8 Å². The van der Waals surface area contributed by atoms with Gasteiger partial charge < -0.3 is 0 Å². The Morgan fingerprint density at radius 3 is 2.33 bits per heavy atom. The van der Waals surface area contributed by atoms with Crippen LogP contribution in [0.3, 0.4) is 0 Å². The first-order chi connectivity index (χ1) is 3.91. The van der Waals surface area contributed by atoms with E-state index in [9.17, 15) is 0 Å². The van der Waals surface area contributed by atoms with E-state index in [4.69, 9.17) is 0 Å². The van der Waals surface area contributed by atoms with Crippen molar-refractivity contribution in [3.8, 4) is 0 Å². The molecule has 1 aliphatic carbocycles. The second-order valence-electron chi connectivity index (χ2n) is 1.27. The number of hydrogen-bond acceptors (Lipinski definition) is 0. The summed E-state index contributed by atoms with van der Waals surface area (Å²) in [7, 11) is 0. The summed E-state index contributed by atoms with van der Waals surface area (Å²) in [5.41, 5.74) is 0. The molecule has 1 rings (SSSR count). The SMILES string of the molecule is CCBr.[C-]1=CC=CC1.[Zr]. The van der Waals surface area contributed by atoms with E-state index in [2.05, 4.69) is 28.1 Å². The second-order valence-corrected chi connectivity index (χ2v) is 2.39. The van der Waals surface area contributed by atoms with E-state index in [-0.39, 0.29) is 26.2 Å². The van der Waals surface area contributed by atoms with Crippen LogP contribution in [0.2, 0.25) is 0 Å². The summed E-state index contributed by atoms with van der Waals surface area (Å²) in [6.45, 7) is 2.04. The van der Waals surface area contributed by atoms with Crippen molar-refractivity contribution in [2.24, 2.45) is 0 Å². The van der Waals surface area contributed by atoms with Gasteiger partial charge in [0.2, 0.25) is 0 Å². The Morgan fingerprint density at radius 1 is 1.67 bits per heavy atom. The van der Waals surface area contributed by atoms with Gasteiger partial charge in [-0.25, -0.2) is 12.2 Å². The number of halogens is 1. The van der Waals surface area contributed by atoms with Crippen LogP contribution in [0.1, 0.15) is 13.3 Å². The molecule has 1 aliphatic rings.